The van der Waals surface area contributed by atoms with Gasteiger partial charge >= 0.3 is 0 Å². The molecule has 88 valence electrons. The fourth-order valence-corrected chi connectivity index (χ4v) is 1.73. The molecule has 0 spiro atoms. The first-order valence-corrected chi connectivity index (χ1v) is 5.03. The predicted octanol–water partition coefficient (Wildman–Crippen LogP) is 0.114. The van der Waals surface area contributed by atoms with E-state index in [4.69, 9.17) is 5.73 Å². The van der Waals surface area contributed by atoms with Crippen LogP contribution in [0.25, 0.3) is 0 Å². The Hall–Kier alpha value is -1.04. The van der Waals surface area contributed by atoms with Crippen molar-refractivity contribution in [3.63, 3.8) is 0 Å². The van der Waals surface area contributed by atoms with E-state index in [9.17, 15) is 4.79 Å². The molecule has 1 fully saturated rings. The van der Waals surface area contributed by atoms with Crippen molar-refractivity contribution in [3.05, 3.63) is 24.3 Å². The van der Waals surface area contributed by atoms with Crippen LogP contribution in [-0.4, -0.2) is 46.3 Å². The zero-order chi connectivity index (χ0) is 10.7. The summed E-state index contributed by atoms with van der Waals surface area (Å²) in [7, 11) is 0. The SMILES string of the molecule is Cl.N[C@@H]1CCN(CC(=O)c2cnccn2)C1. The molecule has 0 saturated carbocycles. The number of hydrogen-bond acceptors (Lipinski definition) is 5. The first-order valence-electron chi connectivity index (χ1n) is 5.03. The monoisotopic (exact) mass is 242 g/mol. The highest BCUT2D eigenvalue weighted by Crippen LogP contribution is 2.07. The van der Waals surface area contributed by atoms with Crippen LogP contribution in [0.15, 0.2) is 18.6 Å². The Morgan fingerprint density at radius 1 is 1.56 bits per heavy atom. The van der Waals surface area contributed by atoms with Crippen LogP contribution in [0.1, 0.15) is 16.9 Å². The van der Waals surface area contributed by atoms with Crippen molar-refractivity contribution < 1.29 is 4.79 Å². The fraction of sp³-hybridized carbons (Fsp3) is 0.500. The molecular formula is C10H15ClN4O. The molecule has 2 heterocycles. The number of nitrogens with zero attached hydrogens (tertiary/aromatic N) is 3. The van der Waals surface area contributed by atoms with Crippen molar-refractivity contribution in [2.24, 2.45) is 5.73 Å². The van der Waals surface area contributed by atoms with Crippen LogP contribution in [-0.2, 0) is 0 Å². The molecule has 0 radical (unpaired) electrons. The highest BCUT2D eigenvalue weighted by atomic mass is 35.5. The van der Waals surface area contributed by atoms with E-state index in [0.29, 0.717) is 12.2 Å². The van der Waals surface area contributed by atoms with E-state index < -0.39 is 0 Å². The Labute approximate surface area is 100 Å². The summed E-state index contributed by atoms with van der Waals surface area (Å²) in [6, 6.07) is 0.208. The smallest absolute Gasteiger partial charge is 0.196 e. The maximum atomic E-state index is 11.7. The van der Waals surface area contributed by atoms with E-state index in [1.54, 1.807) is 6.20 Å². The molecule has 1 aliphatic rings. The number of likely N-dealkylation sites (tertiary alicyclic amines) is 1. The van der Waals surface area contributed by atoms with Crippen LogP contribution in [0.4, 0.5) is 0 Å². The average molecular weight is 243 g/mol. The number of Topliss-reactive ketones (excluding diaryl/α,β-unsaturated/α-hetero) is 1. The second-order valence-electron chi connectivity index (χ2n) is 3.80. The molecule has 1 aromatic heterocycles. The summed E-state index contributed by atoms with van der Waals surface area (Å²) >= 11 is 0. The average Bonchev–Trinajstić information content (AvgIpc) is 2.65. The normalized spacial score (nSPS) is 20.4. The second-order valence-corrected chi connectivity index (χ2v) is 3.80. The molecule has 6 heteroatoms. The van der Waals surface area contributed by atoms with Gasteiger partial charge in [0.1, 0.15) is 5.69 Å². The maximum Gasteiger partial charge on any atom is 0.196 e. The van der Waals surface area contributed by atoms with E-state index in [-0.39, 0.29) is 24.2 Å². The van der Waals surface area contributed by atoms with E-state index in [1.807, 2.05) is 0 Å². The van der Waals surface area contributed by atoms with Crippen LogP contribution in [0.3, 0.4) is 0 Å². The highest BCUT2D eigenvalue weighted by molar-refractivity contribution is 5.95. The minimum Gasteiger partial charge on any atom is -0.326 e. The number of nitrogens with two attached hydrogens (primary N) is 1. The summed E-state index contributed by atoms with van der Waals surface area (Å²) in [4.78, 5) is 21.6. The summed E-state index contributed by atoms with van der Waals surface area (Å²) < 4.78 is 0. The van der Waals surface area contributed by atoms with Gasteiger partial charge in [0.2, 0.25) is 0 Å². The van der Waals surface area contributed by atoms with Crippen LogP contribution < -0.4 is 5.73 Å². The Morgan fingerprint density at radius 3 is 2.94 bits per heavy atom. The Morgan fingerprint density at radius 2 is 2.38 bits per heavy atom. The molecule has 0 bridgehead atoms. The standard InChI is InChI=1S/C10H14N4O.ClH/c11-8-1-4-14(6-8)7-10(15)9-5-12-2-3-13-9;/h2-3,5,8H,1,4,6-7,11H2;1H/t8-;/m1./s1. The second kappa shape index (κ2) is 5.89. The quantitative estimate of drug-likeness (QED) is 0.762. The van der Waals surface area contributed by atoms with Crippen molar-refractivity contribution in [1.82, 2.24) is 14.9 Å². The van der Waals surface area contributed by atoms with Crippen LogP contribution in [0.2, 0.25) is 0 Å². The Bertz CT molecular complexity index is 346. The maximum absolute atomic E-state index is 11.7. The highest BCUT2D eigenvalue weighted by Gasteiger charge is 2.21. The van der Waals surface area contributed by atoms with Gasteiger partial charge in [-0.25, -0.2) is 4.98 Å². The molecule has 0 unspecified atom stereocenters. The molecule has 0 amide bonds. The van der Waals surface area contributed by atoms with Crippen molar-refractivity contribution >= 4 is 18.2 Å². The fourth-order valence-electron chi connectivity index (χ4n) is 1.73. The zero-order valence-corrected chi connectivity index (χ0v) is 9.69. The number of rotatable bonds is 3. The van der Waals surface area contributed by atoms with Gasteiger partial charge in [-0.3, -0.25) is 14.7 Å². The third-order valence-electron chi connectivity index (χ3n) is 2.52. The molecule has 2 rings (SSSR count). The molecule has 0 aromatic carbocycles. The molecular weight excluding hydrogens is 228 g/mol. The Kier molecular flexibility index (Phi) is 4.79. The number of aromatic nitrogens is 2. The van der Waals surface area contributed by atoms with Gasteiger partial charge in [-0.15, -0.1) is 12.4 Å². The van der Waals surface area contributed by atoms with Crippen LogP contribution >= 0.6 is 12.4 Å². The van der Waals surface area contributed by atoms with E-state index in [0.717, 1.165) is 19.5 Å². The summed E-state index contributed by atoms with van der Waals surface area (Å²) in [5.74, 6) is 0.0113. The van der Waals surface area contributed by atoms with Gasteiger partial charge in [0.25, 0.3) is 0 Å². The number of ketones is 1. The van der Waals surface area contributed by atoms with Gasteiger partial charge in [-0.05, 0) is 6.42 Å². The van der Waals surface area contributed by atoms with E-state index in [2.05, 4.69) is 14.9 Å². The summed E-state index contributed by atoms with van der Waals surface area (Å²) in [6.07, 6.45) is 5.55. The van der Waals surface area contributed by atoms with Gasteiger partial charge in [-0.1, -0.05) is 0 Å². The molecule has 2 N–H and O–H groups in total. The van der Waals surface area contributed by atoms with Gasteiger partial charge < -0.3 is 5.73 Å². The zero-order valence-electron chi connectivity index (χ0n) is 8.87. The van der Waals surface area contributed by atoms with Crippen molar-refractivity contribution in [2.75, 3.05) is 19.6 Å². The van der Waals surface area contributed by atoms with Crippen LogP contribution in [0, 0.1) is 0 Å². The van der Waals surface area contributed by atoms with Gasteiger partial charge in [0.05, 0.1) is 12.7 Å². The lowest BCUT2D eigenvalue weighted by molar-refractivity contribution is 0.0939. The van der Waals surface area contributed by atoms with Crippen molar-refractivity contribution in [2.45, 2.75) is 12.5 Å². The number of carbonyl (C=O) groups excluding carboxylic acids is 1. The van der Waals surface area contributed by atoms with E-state index >= 15 is 0 Å². The summed E-state index contributed by atoms with van der Waals surface area (Å²) in [6.45, 7) is 2.09. The van der Waals surface area contributed by atoms with Gasteiger partial charge in [0, 0.05) is 31.5 Å². The molecule has 1 atom stereocenters. The molecule has 1 aliphatic heterocycles. The lowest BCUT2D eigenvalue weighted by Crippen LogP contribution is -2.31. The predicted molar refractivity (Wildman–Crippen MR) is 62.6 cm³/mol. The third-order valence-corrected chi connectivity index (χ3v) is 2.52. The molecule has 1 aromatic rings. The van der Waals surface area contributed by atoms with Gasteiger partial charge in [0.15, 0.2) is 5.78 Å². The molecule has 16 heavy (non-hydrogen) atoms. The van der Waals surface area contributed by atoms with E-state index in [1.165, 1.54) is 12.4 Å². The first-order chi connectivity index (χ1) is 7.25. The minimum atomic E-state index is 0. The lowest BCUT2D eigenvalue weighted by atomic mass is 10.3. The molecule has 0 aliphatic carbocycles. The lowest BCUT2D eigenvalue weighted by Gasteiger charge is -2.12. The number of carbonyl (C=O) groups is 1. The first kappa shape index (κ1) is 13.0. The van der Waals surface area contributed by atoms with Crippen molar-refractivity contribution in [3.8, 4) is 0 Å². The third kappa shape index (κ3) is 3.23. The summed E-state index contributed by atoms with van der Waals surface area (Å²) in [5.41, 5.74) is 6.19. The largest absolute Gasteiger partial charge is 0.326 e. The van der Waals surface area contributed by atoms with Crippen molar-refractivity contribution in [1.29, 1.82) is 0 Å². The Balaban J connectivity index is 0.00000128. The molecule has 5 nitrogen and oxygen atoms in total. The topological polar surface area (TPSA) is 72.1 Å². The number of halogens is 1. The molecule has 1 saturated heterocycles. The minimum absolute atomic E-state index is 0. The van der Waals surface area contributed by atoms with Gasteiger partial charge in [-0.2, -0.15) is 0 Å². The number of hydrogen-bond donors (Lipinski definition) is 1. The summed E-state index contributed by atoms with van der Waals surface area (Å²) in [5, 5.41) is 0. The van der Waals surface area contributed by atoms with Crippen LogP contribution in [0.5, 0.6) is 0 Å².